The normalized spacial score (nSPS) is 15.9. The van der Waals surface area contributed by atoms with Gasteiger partial charge in [0.15, 0.2) is 9.84 Å². The SMILES string of the molecule is COc1cc(F)ccc1-c1ccncc1N(C[C@H]1CCCO1)C(=O)c1cc(C(F)(F)F)cc(S(C)(=O)=O)c1. The fourth-order valence-corrected chi connectivity index (χ4v) is 4.94. The second kappa shape index (κ2) is 10.7. The number of pyridine rings is 1. The molecule has 0 N–H and O–H groups in total. The van der Waals surface area contributed by atoms with Gasteiger partial charge in [-0.05, 0) is 49.2 Å². The van der Waals surface area contributed by atoms with Crippen LogP contribution in [0.15, 0.2) is 59.8 Å². The zero-order chi connectivity index (χ0) is 27.7. The molecule has 0 radical (unpaired) electrons. The Labute approximate surface area is 216 Å². The van der Waals surface area contributed by atoms with Gasteiger partial charge in [-0.2, -0.15) is 13.2 Å². The number of hydrogen-bond acceptors (Lipinski definition) is 6. The number of halogens is 4. The fourth-order valence-electron chi connectivity index (χ4n) is 4.26. The van der Waals surface area contributed by atoms with Crippen LogP contribution in [-0.4, -0.2) is 51.9 Å². The molecule has 1 saturated heterocycles. The van der Waals surface area contributed by atoms with E-state index >= 15 is 0 Å². The second-order valence-electron chi connectivity index (χ2n) is 8.80. The molecule has 2 heterocycles. The third-order valence-electron chi connectivity index (χ3n) is 6.11. The van der Waals surface area contributed by atoms with Gasteiger partial charge in [0.2, 0.25) is 0 Å². The molecular formula is C26H24F4N2O5S. The topological polar surface area (TPSA) is 85.8 Å². The maximum absolute atomic E-state index is 13.9. The Morgan fingerprint density at radius 3 is 2.55 bits per heavy atom. The number of nitrogens with zero attached hydrogens (tertiary/aromatic N) is 2. The highest BCUT2D eigenvalue weighted by Crippen LogP contribution is 2.38. The van der Waals surface area contributed by atoms with E-state index in [1.165, 1.54) is 36.5 Å². The Bertz CT molecular complexity index is 1450. The maximum atomic E-state index is 13.9. The molecule has 1 aliphatic heterocycles. The summed E-state index contributed by atoms with van der Waals surface area (Å²) < 4.78 is 90.2. The monoisotopic (exact) mass is 552 g/mol. The van der Waals surface area contributed by atoms with Crippen molar-refractivity contribution in [3.05, 3.63) is 71.8 Å². The molecule has 0 unspecified atom stereocenters. The van der Waals surface area contributed by atoms with Crippen molar-refractivity contribution in [3.8, 4) is 16.9 Å². The van der Waals surface area contributed by atoms with Crippen LogP contribution in [0.25, 0.3) is 11.1 Å². The summed E-state index contributed by atoms with van der Waals surface area (Å²) in [5.41, 5.74) is -0.724. The third-order valence-corrected chi connectivity index (χ3v) is 7.20. The first kappa shape index (κ1) is 27.5. The van der Waals surface area contributed by atoms with Crippen molar-refractivity contribution < 1.29 is 40.2 Å². The van der Waals surface area contributed by atoms with Gasteiger partial charge in [-0.3, -0.25) is 9.78 Å². The van der Waals surface area contributed by atoms with Gasteiger partial charge in [0.25, 0.3) is 5.91 Å². The minimum atomic E-state index is -4.89. The number of aromatic nitrogens is 1. The molecule has 0 bridgehead atoms. The average Bonchev–Trinajstić information content (AvgIpc) is 3.39. The van der Waals surface area contributed by atoms with Crippen LogP contribution in [0.3, 0.4) is 0 Å². The minimum absolute atomic E-state index is 0.0362. The smallest absolute Gasteiger partial charge is 0.416 e. The molecule has 1 fully saturated rings. The van der Waals surface area contributed by atoms with Gasteiger partial charge in [-0.15, -0.1) is 0 Å². The van der Waals surface area contributed by atoms with Crippen LogP contribution in [0.5, 0.6) is 5.75 Å². The number of methoxy groups -OCH3 is 1. The first-order chi connectivity index (χ1) is 17.9. The van der Waals surface area contributed by atoms with E-state index in [-0.39, 0.29) is 18.0 Å². The summed E-state index contributed by atoms with van der Waals surface area (Å²) in [5, 5.41) is 0. The van der Waals surface area contributed by atoms with Gasteiger partial charge in [0, 0.05) is 41.8 Å². The number of carbonyl (C=O) groups excluding carboxylic acids is 1. The summed E-state index contributed by atoms with van der Waals surface area (Å²) in [6.45, 7) is 0.422. The largest absolute Gasteiger partial charge is 0.496 e. The predicted molar refractivity (Wildman–Crippen MR) is 131 cm³/mol. The highest BCUT2D eigenvalue weighted by Gasteiger charge is 2.34. The third kappa shape index (κ3) is 5.97. The first-order valence-electron chi connectivity index (χ1n) is 11.5. The fraction of sp³-hybridized carbons (Fsp3) is 0.308. The Balaban J connectivity index is 1.89. The number of alkyl halides is 3. The summed E-state index contributed by atoms with van der Waals surface area (Å²) in [6, 6.07) is 7.42. The molecule has 0 aliphatic carbocycles. The van der Waals surface area contributed by atoms with Crippen LogP contribution >= 0.6 is 0 Å². The molecule has 1 atom stereocenters. The van der Waals surface area contributed by atoms with Crippen LogP contribution in [0.2, 0.25) is 0 Å². The maximum Gasteiger partial charge on any atom is 0.416 e. The summed E-state index contributed by atoms with van der Waals surface area (Å²) in [5.74, 6) is -1.27. The van der Waals surface area contributed by atoms with Gasteiger partial charge >= 0.3 is 6.18 Å². The lowest BCUT2D eigenvalue weighted by molar-refractivity contribution is -0.137. The number of ether oxygens (including phenoxy) is 2. The lowest BCUT2D eigenvalue weighted by Crippen LogP contribution is -2.38. The lowest BCUT2D eigenvalue weighted by atomic mass is 10.0. The zero-order valence-corrected chi connectivity index (χ0v) is 21.3. The number of sulfone groups is 1. The molecule has 2 aromatic carbocycles. The number of anilines is 1. The summed E-state index contributed by atoms with van der Waals surface area (Å²) in [7, 11) is -2.73. The number of amides is 1. The molecule has 3 aromatic rings. The van der Waals surface area contributed by atoms with Gasteiger partial charge < -0.3 is 14.4 Å². The molecule has 1 aromatic heterocycles. The second-order valence-corrected chi connectivity index (χ2v) is 10.8. The van der Waals surface area contributed by atoms with Crippen molar-refractivity contribution in [3.63, 3.8) is 0 Å². The van der Waals surface area contributed by atoms with Gasteiger partial charge in [-0.25, -0.2) is 12.8 Å². The van der Waals surface area contributed by atoms with E-state index in [4.69, 9.17) is 9.47 Å². The van der Waals surface area contributed by atoms with Gasteiger partial charge in [-0.1, -0.05) is 0 Å². The van der Waals surface area contributed by atoms with Crippen LogP contribution in [-0.2, 0) is 20.8 Å². The predicted octanol–water partition coefficient (Wildman–Crippen LogP) is 5.14. The lowest BCUT2D eigenvalue weighted by Gasteiger charge is -2.28. The van der Waals surface area contributed by atoms with Crippen molar-refractivity contribution in [2.45, 2.75) is 30.0 Å². The molecule has 0 saturated carbocycles. The van der Waals surface area contributed by atoms with Crippen molar-refractivity contribution in [1.29, 1.82) is 0 Å². The number of hydrogen-bond donors (Lipinski definition) is 0. The minimum Gasteiger partial charge on any atom is -0.496 e. The van der Waals surface area contributed by atoms with Crippen molar-refractivity contribution in [2.75, 3.05) is 31.4 Å². The van der Waals surface area contributed by atoms with Crippen LogP contribution in [0.4, 0.5) is 23.2 Å². The molecule has 202 valence electrons. The molecular weight excluding hydrogens is 528 g/mol. The standard InChI is InChI=1S/C26H24F4N2O5S/c1-36-24-13-18(27)5-6-22(24)21-7-8-31-14-23(21)32(15-19-4-3-9-37-19)25(33)16-10-17(26(28,29)30)12-20(11-16)38(2,34)35/h5-8,10-14,19H,3-4,9,15H2,1-2H3/t19-/m1/s1. The van der Waals surface area contributed by atoms with Gasteiger partial charge in [0.05, 0.1) is 42.1 Å². The Morgan fingerprint density at radius 1 is 1.16 bits per heavy atom. The molecule has 7 nitrogen and oxygen atoms in total. The number of carbonyl (C=O) groups is 1. The molecule has 1 amide bonds. The van der Waals surface area contributed by atoms with E-state index in [0.717, 1.165) is 24.8 Å². The molecule has 38 heavy (non-hydrogen) atoms. The zero-order valence-electron chi connectivity index (χ0n) is 20.5. The van der Waals surface area contributed by atoms with Crippen LogP contribution in [0, 0.1) is 5.82 Å². The first-order valence-corrected chi connectivity index (χ1v) is 13.4. The molecule has 1 aliphatic rings. The molecule has 12 heteroatoms. The van der Waals surface area contributed by atoms with E-state index in [0.29, 0.717) is 36.3 Å². The summed E-state index contributed by atoms with van der Waals surface area (Å²) >= 11 is 0. The average molecular weight is 553 g/mol. The number of rotatable bonds is 7. The van der Waals surface area contributed by atoms with Crippen molar-refractivity contribution >= 4 is 21.4 Å². The van der Waals surface area contributed by atoms with Crippen molar-refractivity contribution in [1.82, 2.24) is 4.98 Å². The highest BCUT2D eigenvalue weighted by atomic mass is 32.2. The van der Waals surface area contributed by atoms with E-state index in [2.05, 4.69) is 4.98 Å². The Kier molecular flexibility index (Phi) is 7.75. The van der Waals surface area contributed by atoms with E-state index in [9.17, 15) is 30.8 Å². The summed E-state index contributed by atoms with van der Waals surface area (Å²) in [4.78, 5) is 18.5. The van der Waals surface area contributed by atoms with Crippen LogP contribution in [0.1, 0.15) is 28.8 Å². The van der Waals surface area contributed by atoms with E-state index in [1.54, 1.807) is 6.07 Å². The Morgan fingerprint density at radius 2 is 1.92 bits per heavy atom. The van der Waals surface area contributed by atoms with E-state index in [1.807, 2.05) is 0 Å². The highest BCUT2D eigenvalue weighted by molar-refractivity contribution is 7.90. The molecule has 4 rings (SSSR count). The van der Waals surface area contributed by atoms with Gasteiger partial charge in [0.1, 0.15) is 11.6 Å². The number of benzene rings is 2. The molecule has 0 spiro atoms. The van der Waals surface area contributed by atoms with E-state index < -0.39 is 49.9 Å². The van der Waals surface area contributed by atoms with Crippen LogP contribution < -0.4 is 9.64 Å². The quantitative estimate of drug-likeness (QED) is 0.377. The Hall–Kier alpha value is -3.51. The van der Waals surface area contributed by atoms with Crippen molar-refractivity contribution in [2.24, 2.45) is 0 Å². The summed E-state index contributed by atoms with van der Waals surface area (Å²) in [6.07, 6.45) is -0.395.